The van der Waals surface area contributed by atoms with Crippen molar-refractivity contribution < 1.29 is 5.21 Å². The van der Waals surface area contributed by atoms with E-state index in [9.17, 15) is 0 Å². The van der Waals surface area contributed by atoms with Gasteiger partial charge in [-0.3, -0.25) is 0 Å². The molecule has 0 amide bonds. The molecule has 0 saturated heterocycles. The van der Waals surface area contributed by atoms with E-state index in [1.165, 1.54) is 11.8 Å². The summed E-state index contributed by atoms with van der Waals surface area (Å²) in [6.07, 6.45) is 0. The number of benzene rings is 1. The van der Waals surface area contributed by atoms with Crippen molar-refractivity contribution in [3.8, 4) is 0 Å². The maximum atomic E-state index is 8.86. The third-order valence-electron chi connectivity index (χ3n) is 2.68. The quantitative estimate of drug-likeness (QED) is 0.298. The molecule has 5 nitrogen and oxygen atoms in total. The maximum Gasteiger partial charge on any atom is 0.192 e. The Morgan fingerprint density at radius 3 is 2.40 bits per heavy atom. The summed E-state index contributed by atoms with van der Waals surface area (Å²) < 4.78 is 0. The third-order valence-corrected chi connectivity index (χ3v) is 3.61. The van der Waals surface area contributed by atoms with E-state index < -0.39 is 0 Å². The molecular formula is C14H16N4OS. The normalized spacial score (nSPS) is 11.7. The minimum absolute atomic E-state index is 0.0804. The summed E-state index contributed by atoms with van der Waals surface area (Å²) in [5, 5.41) is 12.6. The lowest BCUT2D eigenvalue weighted by atomic mass is 10.1. The van der Waals surface area contributed by atoms with Crippen LogP contribution in [-0.4, -0.2) is 21.0 Å². The molecule has 1 aromatic heterocycles. The number of nitrogens with zero attached hydrogens (tertiary/aromatic N) is 3. The lowest BCUT2D eigenvalue weighted by molar-refractivity contribution is 0.318. The average Bonchev–Trinajstić information content (AvgIpc) is 2.37. The fourth-order valence-corrected chi connectivity index (χ4v) is 2.92. The first-order valence-corrected chi connectivity index (χ1v) is 6.90. The van der Waals surface area contributed by atoms with Gasteiger partial charge in [0.1, 0.15) is 0 Å². The molecule has 1 heterocycles. The number of nitrogens with two attached hydrogens (primary N) is 1. The predicted octanol–water partition coefficient (Wildman–Crippen LogP) is 2.65. The standard InChI is InChI=1S/C14H16N4OS/c1-8-4-5-11(13(15)18-19)12(6-8)20-14-16-9(2)7-10(3)17-14/h4-7,19H,1-3H3,(H2,15,18). The predicted molar refractivity (Wildman–Crippen MR) is 79.3 cm³/mol. The molecule has 3 N–H and O–H groups in total. The minimum Gasteiger partial charge on any atom is -0.409 e. The van der Waals surface area contributed by atoms with Gasteiger partial charge in [0.2, 0.25) is 0 Å². The highest BCUT2D eigenvalue weighted by atomic mass is 32.2. The molecule has 0 fully saturated rings. The maximum absolute atomic E-state index is 8.86. The fourth-order valence-electron chi connectivity index (χ4n) is 1.82. The summed E-state index contributed by atoms with van der Waals surface area (Å²) in [6, 6.07) is 7.64. The highest BCUT2D eigenvalue weighted by Gasteiger charge is 2.11. The summed E-state index contributed by atoms with van der Waals surface area (Å²) >= 11 is 1.41. The molecule has 1 aromatic carbocycles. The zero-order chi connectivity index (χ0) is 14.7. The van der Waals surface area contributed by atoms with Crippen LogP contribution in [0.25, 0.3) is 0 Å². The van der Waals surface area contributed by atoms with Crippen molar-refractivity contribution in [1.29, 1.82) is 0 Å². The third kappa shape index (κ3) is 3.27. The topological polar surface area (TPSA) is 84.4 Å². The highest BCUT2D eigenvalue weighted by Crippen LogP contribution is 2.29. The number of hydrogen-bond donors (Lipinski definition) is 2. The van der Waals surface area contributed by atoms with Crippen molar-refractivity contribution >= 4 is 17.6 Å². The van der Waals surface area contributed by atoms with Gasteiger partial charge in [0.15, 0.2) is 11.0 Å². The van der Waals surface area contributed by atoms with Crippen LogP contribution < -0.4 is 5.73 Å². The molecule has 0 spiro atoms. The van der Waals surface area contributed by atoms with Crippen molar-refractivity contribution in [2.45, 2.75) is 30.8 Å². The van der Waals surface area contributed by atoms with Gasteiger partial charge in [0.05, 0.1) is 0 Å². The first-order chi connectivity index (χ1) is 9.49. The second-order valence-electron chi connectivity index (χ2n) is 4.52. The van der Waals surface area contributed by atoms with Gasteiger partial charge in [-0.25, -0.2) is 9.97 Å². The van der Waals surface area contributed by atoms with Crippen LogP contribution in [0, 0.1) is 20.8 Å². The smallest absolute Gasteiger partial charge is 0.192 e. The summed E-state index contributed by atoms with van der Waals surface area (Å²) in [5.74, 6) is 0.0804. The van der Waals surface area contributed by atoms with Crippen LogP contribution in [-0.2, 0) is 0 Å². The molecule has 104 valence electrons. The zero-order valence-corrected chi connectivity index (χ0v) is 12.4. The summed E-state index contributed by atoms with van der Waals surface area (Å²) in [7, 11) is 0. The number of aromatic nitrogens is 2. The second kappa shape index (κ2) is 5.92. The zero-order valence-electron chi connectivity index (χ0n) is 11.6. The molecule has 2 rings (SSSR count). The van der Waals surface area contributed by atoms with Crippen molar-refractivity contribution in [3.63, 3.8) is 0 Å². The van der Waals surface area contributed by atoms with E-state index in [0.717, 1.165) is 21.8 Å². The first-order valence-electron chi connectivity index (χ1n) is 6.08. The Morgan fingerprint density at radius 2 is 1.80 bits per heavy atom. The van der Waals surface area contributed by atoms with Gasteiger partial charge in [0, 0.05) is 21.8 Å². The molecule has 2 aromatic rings. The Hall–Kier alpha value is -2.08. The van der Waals surface area contributed by atoms with E-state index in [0.29, 0.717) is 10.7 Å². The molecule has 0 unspecified atom stereocenters. The molecule has 0 aliphatic carbocycles. The lowest BCUT2D eigenvalue weighted by Gasteiger charge is -2.09. The van der Waals surface area contributed by atoms with Crippen LogP contribution in [0.15, 0.2) is 39.5 Å². The average molecular weight is 288 g/mol. The van der Waals surface area contributed by atoms with Crippen LogP contribution in [0.4, 0.5) is 0 Å². The molecular weight excluding hydrogens is 272 g/mol. The highest BCUT2D eigenvalue weighted by molar-refractivity contribution is 7.99. The van der Waals surface area contributed by atoms with Gasteiger partial charge in [0.25, 0.3) is 0 Å². The molecule has 0 bridgehead atoms. The molecule has 0 saturated carbocycles. The Kier molecular flexibility index (Phi) is 4.24. The van der Waals surface area contributed by atoms with Crippen molar-refractivity contribution in [2.75, 3.05) is 0 Å². The molecule has 0 atom stereocenters. The van der Waals surface area contributed by atoms with Crippen LogP contribution in [0.3, 0.4) is 0 Å². The van der Waals surface area contributed by atoms with E-state index in [1.807, 2.05) is 45.0 Å². The van der Waals surface area contributed by atoms with Gasteiger partial charge in [-0.1, -0.05) is 11.2 Å². The molecule has 0 aliphatic rings. The Balaban J connectivity index is 2.44. The number of oxime groups is 1. The molecule has 0 aliphatic heterocycles. The van der Waals surface area contributed by atoms with E-state index in [4.69, 9.17) is 10.9 Å². The Morgan fingerprint density at radius 1 is 1.15 bits per heavy atom. The second-order valence-corrected chi connectivity index (χ2v) is 5.53. The fraction of sp³-hybridized carbons (Fsp3) is 0.214. The van der Waals surface area contributed by atoms with Crippen LogP contribution in [0.1, 0.15) is 22.5 Å². The Bertz CT molecular complexity index is 650. The summed E-state index contributed by atoms with van der Waals surface area (Å²) in [4.78, 5) is 9.65. The number of aryl methyl sites for hydroxylation is 3. The number of rotatable bonds is 3. The number of amidine groups is 1. The van der Waals surface area contributed by atoms with Crippen LogP contribution in [0.2, 0.25) is 0 Å². The molecule has 0 radical (unpaired) electrons. The van der Waals surface area contributed by atoms with Crippen LogP contribution >= 0.6 is 11.8 Å². The van der Waals surface area contributed by atoms with E-state index >= 15 is 0 Å². The lowest BCUT2D eigenvalue weighted by Crippen LogP contribution is -2.14. The van der Waals surface area contributed by atoms with Crippen molar-refractivity contribution in [1.82, 2.24) is 9.97 Å². The molecule has 20 heavy (non-hydrogen) atoms. The monoisotopic (exact) mass is 288 g/mol. The first kappa shape index (κ1) is 14.3. The largest absolute Gasteiger partial charge is 0.409 e. The SMILES string of the molecule is Cc1ccc(C(N)=NO)c(Sc2nc(C)cc(C)n2)c1. The summed E-state index contributed by atoms with van der Waals surface area (Å²) in [6.45, 7) is 5.85. The van der Waals surface area contributed by atoms with Crippen LogP contribution in [0.5, 0.6) is 0 Å². The van der Waals surface area contributed by atoms with Crippen molar-refractivity contribution in [3.05, 3.63) is 46.8 Å². The van der Waals surface area contributed by atoms with E-state index in [-0.39, 0.29) is 5.84 Å². The van der Waals surface area contributed by atoms with Gasteiger partial charge in [-0.05, 0) is 56.3 Å². The van der Waals surface area contributed by atoms with Gasteiger partial charge >= 0.3 is 0 Å². The van der Waals surface area contributed by atoms with E-state index in [2.05, 4.69) is 15.1 Å². The van der Waals surface area contributed by atoms with Gasteiger partial charge in [-0.2, -0.15) is 0 Å². The minimum atomic E-state index is 0.0804. The molecule has 6 heteroatoms. The van der Waals surface area contributed by atoms with Gasteiger partial charge in [-0.15, -0.1) is 0 Å². The Labute approximate surface area is 121 Å². The van der Waals surface area contributed by atoms with E-state index in [1.54, 1.807) is 0 Å². The number of hydrogen-bond acceptors (Lipinski definition) is 5. The van der Waals surface area contributed by atoms with Gasteiger partial charge < -0.3 is 10.9 Å². The summed E-state index contributed by atoms with van der Waals surface area (Å²) in [5.41, 5.74) is 9.30. The van der Waals surface area contributed by atoms with Crippen molar-refractivity contribution in [2.24, 2.45) is 10.9 Å².